The Bertz CT molecular complexity index is 2220. The minimum atomic E-state index is -8.72. The Morgan fingerprint density at radius 1 is 0.636 bits per heavy atom. The number of ether oxygens (including phenoxy) is 4. The number of alkyl halides is 17. The van der Waals surface area contributed by atoms with E-state index in [-0.39, 0.29) is 34.7 Å². The quantitative estimate of drug-likeness (QED) is 0.101. The Balaban J connectivity index is 1.59. The van der Waals surface area contributed by atoms with Crippen LogP contribution in [0.25, 0.3) is 0 Å². The molecule has 0 radical (unpaired) electrons. The summed E-state index contributed by atoms with van der Waals surface area (Å²) >= 11 is 0. The molecule has 0 bridgehead atoms. The van der Waals surface area contributed by atoms with E-state index in [0.29, 0.717) is 16.9 Å². The van der Waals surface area contributed by atoms with Gasteiger partial charge < -0.3 is 29.2 Å². The first-order chi connectivity index (χ1) is 29.9. The van der Waals surface area contributed by atoms with Gasteiger partial charge in [-0.05, 0) is 69.5 Å². The first-order valence-electron chi connectivity index (χ1n) is 19.0. The molecule has 0 aromatic heterocycles. The van der Waals surface area contributed by atoms with Gasteiger partial charge in [0.25, 0.3) is 5.91 Å². The summed E-state index contributed by atoms with van der Waals surface area (Å²) in [5.41, 5.74) is 1.08. The molecule has 0 saturated carbocycles. The van der Waals surface area contributed by atoms with Crippen LogP contribution in [0, 0.1) is 6.92 Å². The van der Waals surface area contributed by atoms with Gasteiger partial charge in [-0.25, -0.2) is 0 Å². The third kappa shape index (κ3) is 9.70. The Labute approximate surface area is 364 Å². The average Bonchev–Trinajstić information content (AvgIpc) is 3.28. The van der Waals surface area contributed by atoms with Crippen molar-refractivity contribution in [2.45, 2.75) is 113 Å². The first-order valence-corrected chi connectivity index (χ1v) is 19.0. The summed E-state index contributed by atoms with van der Waals surface area (Å²) in [4.78, 5) is 29.3. The van der Waals surface area contributed by atoms with E-state index in [9.17, 15) is 84.2 Å². The number of rotatable bonds is 18. The van der Waals surface area contributed by atoms with Crippen LogP contribution < -0.4 is 24.3 Å². The molecule has 1 aliphatic heterocycles. The van der Waals surface area contributed by atoms with E-state index in [1.807, 2.05) is 20.8 Å². The fraction of sp³-hybridized carbons (Fsp3) is 0.512. The van der Waals surface area contributed by atoms with Crippen LogP contribution in [0.2, 0.25) is 0 Å². The molecule has 1 heterocycles. The summed E-state index contributed by atoms with van der Waals surface area (Å²) in [6.07, 6.45) is -12.1. The highest BCUT2D eigenvalue weighted by molar-refractivity contribution is 6.10. The molecule has 0 saturated heterocycles. The topological polar surface area (TPSA) is 86.3 Å². The van der Waals surface area contributed by atoms with Gasteiger partial charge in [-0.3, -0.25) is 9.59 Å². The molecule has 368 valence electrons. The lowest BCUT2D eigenvalue weighted by molar-refractivity contribution is -0.461. The fourth-order valence-corrected chi connectivity index (χ4v) is 6.46. The fourth-order valence-electron chi connectivity index (χ4n) is 6.46. The van der Waals surface area contributed by atoms with Crippen molar-refractivity contribution in [1.82, 2.24) is 4.90 Å². The summed E-state index contributed by atoms with van der Waals surface area (Å²) in [5, 5.41) is 2.76. The second-order valence-corrected chi connectivity index (χ2v) is 16.0. The smallest absolute Gasteiger partial charge is 0.460 e. The lowest BCUT2D eigenvalue weighted by atomic mass is 9.88. The van der Waals surface area contributed by atoms with Gasteiger partial charge in [-0.2, -0.15) is 74.6 Å². The van der Waals surface area contributed by atoms with E-state index < -0.39 is 103 Å². The van der Waals surface area contributed by atoms with Gasteiger partial charge in [-0.15, -0.1) is 0 Å². The Kier molecular flexibility index (Phi) is 14.5. The van der Waals surface area contributed by atoms with E-state index in [4.69, 9.17) is 18.9 Å². The van der Waals surface area contributed by atoms with Gasteiger partial charge in [0.1, 0.15) is 34.6 Å². The number of benzene rings is 3. The zero-order valence-corrected chi connectivity index (χ0v) is 35.1. The number of carbonyl (C=O) groups excluding carboxylic acids is 2. The second kappa shape index (κ2) is 18.0. The third-order valence-corrected chi connectivity index (χ3v) is 9.98. The van der Waals surface area contributed by atoms with Crippen molar-refractivity contribution in [3.05, 3.63) is 76.9 Å². The van der Waals surface area contributed by atoms with Gasteiger partial charge in [-0.1, -0.05) is 18.2 Å². The van der Waals surface area contributed by atoms with Gasteiger partial charge in [0, 0.05) is 25.0 Å². The highest BCUT2D eigenvalue weighted by Crippen LogP contribution is 2.64. The number of fused-ring (bicyclic) bond motifs is 1. The van der Waals surface area contributed by atoms with E-state index in [0.717, 1.165) is 26.4 Å². The first kappa shape index (κ1) is 53.2. The van der Waals surface area contributed by atoms with Gasteiger partial charge in [0.15, 0.2) is 0 Å². The van der Waals surface area contributed by atoms with Gasteiger partial charge >= 0.3 is 47.6 Å². The third-order valence-electron chi connectivity index (χ3n) is 9.98. The normalized spacial score (nSPS) is 16.1. The average molecular weight is 979 g/mol. The summed E-state index contributed by atoms with van der Waals surface area (Å²) < 4.78 is 255. The predicted octanol–water partition coefficient (Wildman–Crippen LogP) is 11.6. The number of nitrogens with one attached hydrogen (secondary N) is 1. The van der Waals surface area contributed by atoms with Crippen LogP contribution in [0.4, 0.5) is 80.3 Å². The zero-order chi connectivity index (χ0) is 50.4. The summed E-state index contributed by atoms with van der Waals surface area (Å²) in [6.45, 7) is 5.54. The Hall–Kier alpha value is -5.39. The van der Waals surface area contributed by atoms with Crippen LogP contribution in [0.15, 0.2) is 54.6 Å². The number of methoxy groups -OCH3 is 2. The van der Waals surface area contributed by atoms with Crippen LogP contribution in [0.1, 0.15) is 60.7 Å². The number of hydrogen-bond donors (Lipinski definition) is 1. The highest BCUT2D eigenvalue weighted by Gasteiger charge is 2.95. The molecular weight excluding hydrogens is 939 g/mol. The molecule has 0 fully saturated rings. The number of anilines is 1. The van der Waals surface area contributed by atoms with Crippen molar-refractivity contribution < 1.29 is 103 Å². The maximum absolute atomic E-state index is 14.5. The van der Waals surface area contributed by atoms with Crippen molar-refractivity contribution in [2.75, 3.05) is 26.1 Å². The monoisotopic (exact) mass is 978 g/mol. The molecule has 8 nitrogen and oxygen atoms in total. The lowest BCUT2D eigenvalue weighted by Gasteiger charge is -2.42. The van der Waals surface area contributed by atoms with E-state index >= 15 is 0 Å². The van der Waals surface area contributed by atoms with Gasteiger partial charge in [0.2, 0.25) is 5.91 Å². The van der Waals surface area contributed by atoms with E-state index in [1.165, 1.54) is 11.0 Å². The number of hydrogen-bond acceptors (Lipinski definition) is 6. The molecule has 1 aliphatic rings. The lowest BCUT2D eigenvalue weighted by Crippen LogP contribution is -2.74. The molecule has 3 aromatic carbocycles. The molecule has 66 heavy (non-hydrogen) atoms. The molecule has 1 atom stereocenters. The number of halogens is 17. The molecule has 4 rings (SSSR count). The van der Waals surface area contributed by atoms with Crippen LogP contribution >= 0.6 is 0 Å². The number of nitrogens with zero attached hydrogens (tertiary/aromatic N) is 1. The summed E-state index contributed by atoms with van der Waals surface area (Å²) in [5.74, 6) is -58.6. The predicted molar refractivity (Wildman–Crippen MR) is 199 cm³/mol. The van der Waals surface area contributed by atoms with Crippen molar-refractivity contribution in [3.63, 3.8) is 0 Å². The Morgan fingerprint density at radius 2 is 1.14 bits per heavy atom. The summed E-state index contributed by atoms with van der Waals surface area (Å²) in [6, 6.07) is 12.1. The maximum Gasteiger partial charge on any atom is 0.460 e. The Morgan fingerprint density at radius 3 is 1.62 bits per heavy atom. The molecule has 0 spiro atoms. The molecule has 0 aliphatic carbocycles. The number of amides is 2. The largest absolute Gasteiger partial charge is 0.496 e. The van der Waals surface area contributed by atoms with Gasteiger partial charge in [0.05, 0.1) is 44.2 Å². The van der Waals surface area contributed by atoms with Crippen LogP contribution in [-0.4, -0.2) is 96.8 Å². The highest BCUT2D eigenvalue weighted by atomic mass is 19.4. The zero-order valence-electron chi connectivity index (χ0n) is 35.1. The molecule has 2 amide bonds. The van der Waals surface area contributed by atoms with E-state index in [2.05, 4.69) is 5.32 Å². The minimum Gasteiger partial charge on any atom is -0.496 e. The van der Waals surface area contributed by atoms with Crippen molar-refractivity contribution in [1.29, 1.82) is 0 Å². The van der Waals surface area contributed by atoms with Crippen molar-refractivity contribution in [2.24, 2.45) is 0 Å². The SMILES string of the molecule is COc1cc(OCCCC(F)(F)C(F)(F)C(F)(F)C(F)(F)C(F)(F)C(F)(F)C(F)(F)C(F)(F)F)cc(OC)c1CN1C(=O)c2ccc(C)cc2NC(=O)C1Cc1ccc(OC(C)(C)C)cc1. The van der Waals surface area contributed by atoms with Crippen LogP contribution in [0.5, 0.6) is 23.0 Å². The minimum absolute atomic E-state index is 0.0488. The summed E-state index contributed by atoms with van der Waals surface area (Å²) in [7, 11) is 2.19. The standard InChI is InChI=1S/C41H39F17N2O6/c1-21-8-13-25-27(16-21)59-31(61)28(17-22-9-11-23(12-10-22)66-33(2,3)4)60(32(25)62)20-26-29(63-5)18-24(19-30(26)64-6)65-15-7-14-34(42,43)35(44,45)36(46,47)37(48,49)38(50,51)39(52,53)40(54,55)41(56,57)58/h8-13,16,18-19,28H,7,14-15,17,20H2,1-6H3,(H,59,61). The van der Waals surface area contributed by atoms with Crippen molar-refractivity contribution >= 4 is 17.5 Å². The molecular formula is C41H39F17N2O6. The number of carbonyl (C=O) groups is 2. The van der Waals surface area contributed by atoms with Crippen molar-refractivity contribution in [3.8, 4) is 23.0 Å². The van der Waals surface area contributed by atoms with Crippen LogP contribution in [-0.2, 0) is 17.8 Å². The van der Waals surface area contributed by atoms with Crippen LogP contribution in [0.3, 0.4) is 0 Å². The second-order valence-electron chi connectivity index (χ2n) is 16.0. The van der Waals surface area contributed by atoms with E-state index in [1.54, 1.807) is 43.3 Å². The molecule has 1 unspecified atom stereocenters. The number of aryl methyl sites for hydroxylation is 1. The maximum atomic E-state index is 14.5. The molecule has 3 aromatic rings. The molecule has 25 heteroatoms. The molecule has 1 N–H and O–H groups in total.